The summed E-state index contributed by atoms with van der Waals surface area (Å²) < 4.78 is 21.4. The smallest absolute Gasteiger partial charge is 0.134 e. The van der Waals surface area contributed by atoms with Crippen LogP contribution in [0.5, 0.6) is 5.75 Å². The minimum absolute atomic E-state index is 0.290. The summed E-state index contributed by atoms with van der Waals surface area (Å²) in [7, 11) is 0. The lowest BCUT2D eigenvalue weighted by atomic mass is 10.00. The van der Waals surface area contributed by atoms with Crippen LogP contribution >= 0.6 is 15.9 Å². The van der Waals surface area contributed by atoms with E-state index >= 15 is 0 Å². The average Bonchev–Trinajstić information content (AvgIpc) is 2.74. The molecule has 0 atom stereocenters. The van der Waals surface area contributed by atoms with Crippen LogP contribution in [0.4, 0.5) is 4.39 Å². The second kappa shape index (κ2) is 8.41. The molecule has 0 bridgehead atoms. The van der Waals surface area contributed by atoms with Crippen LogP contribution < -0.4 is 4.74 Å². The van der Waals surface area contributed by atoms with E-state index in [1.165, 1.54) is 6.07 Å². The predicted octanol–water partition coefficient (Wildman–Crippen LogP) is 7.50. The van der Waals surface area contributed by atoms with Crippen LogP contribution in [0.25, 0.3) is 22.3 Å². The van der Waals surface area contributed by atoms with Crippen molar-refractivity contribution in [2.75, 3.05) is 0 Å². The van der Waals surface area contributed by atoms with Gasteiger partial charge in [0.2, 0.25) is 0 Å². The number of halogens is 2. The first-order valence-electron chi connectivity index (χ1n) is 9.02. The van der Waals surface area contributed by atoms with Crippen LogP contribution in [0.15, 0.2) is 102 Å². The van der Waals surface area contributed by atoms with Gasteiger partial charge in [-0.3, -0.25) is 0 Å². The summed E-state index contributed by atoms with van der Waals surface area (Å²) in [4.78, 5) is 0. The van der Waals surface area contributed by atoms with E-state index in [9.17, 15) is 4.39 Å². The highest BCUT2D eigenvalue weighted by Crippen LogP contribution is 2.29. The van der Waals surface area contributed by atoms with Crippen molar-refractivity contribution in [2.24, 2.45) is 0 Å². The van der Waals surface area contributed by atoms with Gasteiger partial charge in [-0.2, -0.15) is 0 Å². The Labute approximate surface area is 172 Å². The first-order valence-corrected chi connectivity index (χ1v) is 9.81. The van der Waals surface area contributed by atoms with Crippen molar-refractivity contribution < 1.29 is 9.13 Å². The fraction of sp³-hybridized carbons (Fsp3) is 0.0400. The molecule has 0 saturated heterocycles. The molecule has 0 saturated carbocycles. The third kappa shape index (κ3) is 4.32. The topological polar surface area (TPSA) is 9.23 Å². The Bertz CT molecular complexity index is 1060. The van der Waals surface area contributed by atoms with Crippen molar-refractivity contribution in [2.45, 2.75) is 6.61 Å². The SMILES string of the molecule is Fc1cc(OCc2ccccc2)ccc1-c1ccc(-c2ccc(Br)cc2)cc1. The molecular weight excluding hydrogens is 415 g/mol. The molecular formula is C25H18BrFO. The molecule has 28 heavy (non-hydrogen) atoms. The van der Waals surface area contributed by atoms with Gasteiger partial charge in [0, 0.05) is 16.1 Å². The van der Waals surface area contributed by atoms with E-state index in [0.717, 1.165) is 26.7 Å². The summed E-state index contributed by atoms with van der Waals surface area (Å²) in [5, 5.41) is 0. The van der Waals surface area contributed by atoms with Crippen LogP contribution in [0.3, 0.4) is 0 Å². The molecule has 1 nitrogen and oxygen atoms in total. The fourth-order valence-electron chi connectivity index (χ4n) is 3.05. The molecule has 138 valence electrons. The van der Waals surface area contributed by atoms with E-state index in [2.05, 4.69) is 28.1 Å². The quantitative estimate of drug-likeness (QED) is 0.317. The van der Waals surface area contributed by atoms with E-state index in [4.69, 9.17) is 4.74 Å². The molecule has 0 N–H and O–H groups in total. The molecule has 4 rings (SSSR count). The van der Waals surface area contributed by atoms with Crippen molar-refractivity contribution in [3.8, 4) is 28.0 Å². The Hall–Kier alpha value is -2.91. The van der Waals surface area contributed by atoms with Gasteiger partial charge < -0.3 is 4.74 Å². The highest BCUT2D eigenvalue weighted by molar-refractivity contribution is 9.10. The fourth-order valence-corrected chi connectivity index (χ4v) is 3.31. The summed E-state index contributed by atoms with van der Waals surface area (Å²) in [6.07, 6.45) is 0. The van der Waals surface area contributed by atoms with Gasteiger partial charge in [-0.25, -0.2) is 4.39 Å². The molecule has 0 radical (unpaired) electrons. The summed E-state index contributed by atoms with van der Waals surface area (Å²) >= 11 is 3.45. The van der Waals surface area contributed by atoms with Gasteiger partial charge in [-0.05, 0) is 46.5 Å². The summed E-state index contributed by atoms with van der Waals surface area (Å²) in [5.41, 5.74) is 4.68. The lowest BCUT2D eigenvalue weighted by Crippen LogP contribution is -1.96. The zero-order chi connectivity index (χ0) is 19.3. The predicted molar refractivity (Wildman–Crippen MR) is 116 cm³/mol. The molecule has 3 heteroatoms. The minimum Gasteiger partial charge on any atom is -0.489 e. The Balaban J connectivity index is 1.50. The molecule has 4 aromatic carbocycles. The molecule has 4 aromatic rings. The maximum atomic E-state index is 14.6. The average molecular weight is 433 g/mol. The zero-order valence-electron chi connectivity index (χ0n) is 15.1. The number of hydrogen-bond acceptors (Lipinski definition) is 1. The summed E-state index contributed by atoms with van der Waals surface area (Å²) in [6, 6.07) is 30.9. The van der Waals surface area contributed by atoms with Gasteiger partial charge >= 0.3 is 0 Å². The Morgan fingerprint density at radius 3 is 1.93 bits per heavy atom. The van der Waals surface area contributed by atoms with Crippen molar-refractivity contribution in [1.29, 1.82) is 0 Å². The van der Waals surface area contributed by atoms with E-state index in [1.807, 2.05) is 72.8 Å². The highest BCUT2D eigenvalue weighted by Gasteiger charge is 2.08. The molecule has 0 aliphatic carbocycles. The second-order valence-corrected chi connectivity index (χ2v) is 7.42. The standard InChI is InChI=1S/C25H18BrFO/c26-22-12-10-20(11-13-22)19-6-8-21(9-7-19)24-15-14-23(16-25(24)27)28-17-18-4-2-1-3-5-18/h1-16H,17H2. The first-order chi connectivity index (χ1) is 13.7. The highest BCUT2D eigenvalue weighted by atomic mass is 79.9. The van der Waals surface area contributed by atoms with Gasteiger partial charge in [0.05, 0.1) is 0 Å². The van der Waals surface area contributed by atoms with Crippen molar-refractivity contribution in [3.05, 3.63) is 113 Å². The molecule has 0 amide bonds. The lowest BCUT2D eigenvalue weighted by molar-refractivity contribution is 0.304. The van der Waals surface area contributed by atoms with Crippen molar-refractivity contribution in [3.63, 3.8) is 0 Å². The van der Waals surface area contributed by atoms with Crippen LogP contribution in [-0.2, 0) is 6.61 Å². The molecule has 0 heterocycles. The van der Waals surface area contributed by atoms with Crippen LogP contribution in [0.1, 0.15) is 5.56 Å². The van der Waals surface area contributed by atoms with Gasteiger partial charge in [0.15, 0.2) is 0 Å². The van der Waals surface area contributed by atoms with Crippen molar-refractivity contribution in [1.82, 2.24) is 0 Å². The third-order valence-electron chi connectivity index (χ3n) is 4.56. The van der Waals surface area contributed by atoms with E-state index in [-0.39, 0.29) is 5.82 Å². The Kier molecular flexibility index (Phi) is 5.54. The molecule has 0 aliphatic rings. The van der Waals surface area contributed by atoms with Crippen molar-refractivity contribution >= 4 is 15.9 Å². The van der Waals surface area contributed by atoms with Gasteiger partial charge in [-0.15, -0.1) is 0 Å². The van der Waals surface area contributed by atoms with E-state index in [0.29, 0.717) is 17.9 Å². The zero-order valence-corrected chi connectivity index (χ0v) is 16.7. The normalized spacial score (nSPS) is 10.6. The largest absolute Gasteiger partial charge is 0.489 e. The minimum atomic E-state index is -0.290. The van der Waals surface area contributed by atoms with Gasteiger partial charge in [0.1, 0.15) is 18.2 Å². The molecule has 0 aliphatic heterocycles. The Morgan fingerprint density at radius 2 is 1.29 bits per heavy atom. The van der Waals surface area contributed by atoms with Gasteiger partial charge in [-0.1, -0.05) is 82.7 Å². The maximum Gasteiger partial charge on any atom is 0.134 e. The molecule has 0 aromatic heterocycles. The number of hydrogen-bond donors (Lipinski definition) is 0. The monoisotopic (exact) mass is 432 g/mol. The molecule has 0 spiro atoms. The maximum absolute atomic E-state index is 14.6. The van der Waals surface area contributed by atoms with E-state index in [1.54, 1.807) is 6.07 Å². The molecule has 0 unspecified atom stereocenters. The summed E-state index contributed by atoms with van der Waals surface area (Å²) in [6.45, 7) is 0.418. The number of rotatable bonds is 5. The molecule has 0 fully saturated rings. The number of ether oxygens (including phenoxy) is 1. The van der Waals surface area contributed by atoms with E-state index < -0.39 is 0 Å². The third-order valence-corrected chi connectivity index (χ3v) is 5.09. The summed E-state index contributed by atoms with van der Waals surface area (Å²) in [5.74, 6) is 0.235. The first kappa shape index (κ1) is 18.5. The lowest BCUT2D eigenvalue weighted by Gasteiger charge is -2.10. The number of benzene rings is 4. The van der Waals surface area contributed by atoms with Crippen LogP contribution in [-0.4, -0.2) is 0 Å². The van der Waals surface area contributed by atoms with Gasteiger partial charge in [0.25, 0.3) is 0 Å². The van der Waals surface area contributed by atoms with Crippen LogP contribution in [0.2, 0.25) is 0 Å². The van der Waals surface area contributed by atoms with Crippen LogP contribution in [0, 0.1) is 5.82 Å². The Morgan fingerprint density at radius 1 is 0.679 bits per heavy atom. The second-order valence-electron chi connectivity index (χ2n) is 6.50.